The molecule has 4 heterocycles. The van der Waals surface area contributed by atoms with E-state index in [1.54, 1.807) is 161 Å². The van der Waals surface area contributed by atoms with Crippen LogP contribution in [0, 0.1) is 11.8 Å². The van der Waals surface area contributed by atoms with Gasteiger partial charge in [0, 0.05) is 75.7 Å². The fourth-order valence-corrected chi connectivity index (χ4v) is 16.3. The molecule has 0 bridgehead atoms. The maximum absolute atomic E-state index is 12.8. The molecule has 0 unspecified atom stereocenters. The number of aryl methyl sites for hydroxylation is 3. The minimum absolute atomic E-state index is 0.0642. The average Bonchev–Trinajstić information content (AvgIpc) is 0.834. The zero-order chi connectivity index (χ0) is 105. The van der Waals surface area contributed by atoms with E-state index >= 15 is 0 Å². The molecular weight excluding hydrogens is 2020 g/mol. The Bertz CT molecular complexity index is 6310. The number of anilines is 4. The molecule has 758 valence electrons. The summed E-state index contributed by atoms with van der Waals surface area (Å²) in [6.45, 7) is 13.0. The van der Waals surface area contributed by atoms with Crippen LogP contribution in [0.1, 0.15) is 147 Å². The molecule has 7 N–H and O–H groups in total. The van der Waals surface area contributed by atoms with Crippen LogP contribution < -0.4 is 41.7 Å². The highest BCUT2D eigenvalue weighted by Gasteiger charge is 2.32. The van der Waals surface area contributed by atoms with Crippen molar-refractivity contribution in [3.8, 4) is 11.8 Å². The van der Waals surface area contributed by atoms with Crippen molar-refractivity contribution in [2.24, 2.45) is 0 Å². The van der Waals surface area contributed by atoms with Crippen molar-refractivity contribution in [2.45, 2.75) is 141 Å². The summed E-state index contributed by atoms with van der Waals surface area (Å²) >= 11 is 48.9. The third-order valence-corrected chi connectivity index (χ3v) is 23.7. The number of ether oxygens (including phenoxy) is 5. The maximum atomic E-state index is 12.8. The van der Waals surface area contributed by atoms with Crippen LogP contribution >= 0.6 is 92.8 Å². The smallest absolute Gasteiger partial charge is 0.416 e. The quantitative estimate of drug-likeness (QED) is 0.00823. The molecule has 12 rings (SSSR count). The molecule has 145 heavy (non-hydrogen) atoms. The molecule has 12 aromatic rings. The van der Waals surface area contributed by atoms with E-state index in [4.69, 9.17) is 116 Å². The second-order valence-corrected chi connectivity index (χ2v) is 37.6. The van der Waals surface area contributed by atoms with Crippen molar-refractivity contribution in [3.05, 3.63) is 374 Å². The van der Waals surface area contributed by atoms with Crippen LogP contribution in [0.2, 0.25) is 40.2 Å². The minimum atomic E-state index is -1.13. The molecule has 0 saturated carbocycles. The molecule has 6 amide bonds. The Morgan fingerprint density at radius 3 is 0.903 bits per heavy atom. The normalized spacial score (nSPS) is 11.6. The second-order valence-electron chi connectivity index (χ2n) is 34.3. The lowest BCUT2D eigenvalue weighted by atomic mass is 10.0. The molecular formula is C109H110Cl8N12O16. The summed E-state index contributed by atoms with van der Waals surface area (Å²) in [4.78, 5) is 145. The van der Waals surface area contributed by atoms with Crippen LogP contribution in [0.4, 0.5) is 32.9 Å². The van der Waals surface area contributed by atoms with Crippen molar-refractivity contribution in [1.82, 2.24) is 41.2 Å². The number of nitrogens with one attached hydrogen (secondary N) is 6. The highest BCUT2D eigenvalue weighted by atomic mass is 35.5. The molecule has 8 aromatic carbocycles. The lowest BCUT2D eigenvalue weighted by molar-refractivity contribution is -0.143. The molecule has 4 aromatic heterocycles. The molecule has 0 radical (unpaired) electrons. The highest BCUT2D eigenvalue weighted by molar-refractivity contribution is 6.42. The third-order valence-electron chi connectivity index (χ3n) is 21.1. The van der Waals surface area contributed by atoms with Gasteiger partial charge in [0.25, 0.3) is 23.6 Å². The maximum Gasteiger partial charge on any atom is 0.416 e. The minimum Gasteiger partial charge on any atom is -0.480 e. The van der Waals surface area contributed by atoms with Gasteiger partial charge < -0.3 is 60.7 Å². The van der Waals surface area contributed by atoms with Gasteiger partial charge in [-0.2, -0.15) is 0 Å². The van der Waals surface area contributed by atoms with Gasteiger partial charge in [0.1, 0.15) is 58.6 Å². The van der Waals surface area contributed by atoms with Crippen molar-refractivity contribution in [3.63, 3.8) is 0 Å². The molecule has 0 aliphatic carbocycles. The number of methoxy groups -OCH3 is 3. The summed E-state index contributed by atoms with van der Waals surface area (Å²) in [7, 11) is 3.79. The number of nitrogens with zero attached hydrogens (tertiary/aromatic N) is 6. The second kappa shape index (κ2) is 58.2. The van der Waals surface area contributed by atoms with Crippen molar-refractivity contribution in [2.75, 3.05) is 67.9 Å². The van der Waals surface area contributed by atoms with E-state index in [0.717, 1.165) is 83.8 Å². The molecule has 0 spiro atoms. The van der Waals surface area contributed by atoms with Crippen molar-refractivity contribution >= 4 is 176 Å². The predicted octanol–water partition coefficient (Wildman–Crippen LogP) is 21.8. The van der Waals surface area contributed by atoms with E-state index in [1.807, 2.05) is 136 Å². The van der Waals surface area contributed by atoms with E-state index in [9.17, 15) is 53.1 Å². The van der Waals surface area contributed by atoms with Gasteiger partial charge in [0.05, 0.1) is 90.3 Å². The van der Waals surface area contributed by atoms with Gasteiger partial charge in [-0.3, -0.25) is 24.1 Å². The van der Waals surface area contributed by atoms with Gasteiger partial charge in [-0.05, 0) is 228 Å². The number of carbonyl (C=O) groups excluding carboxylic acids is 9. The van der Waals surface area contributed by atoms with E-state index in [1.165, 1.54) is 48.8 Å². The summed E-state index contributed by atoms with van der Waals surface area (Å²) in [6, 6.07) is 67.6. The number of aliphatic carboxylic acids is 1. The number of carboxylic acids is 1. The van der Waals surface area contributed by atoms with Gasteiger partial charge in [-0.1, -0.05) is 238 Å². The van der Waals surface area contributed by atoms with E-state index < -0.39 is 95.1 Å². The highest BCUT2D eigenvalue weighted by Crippen LogP contribution is 2.31. The number of hydrogen-bond acceptors (Lipinski definition) is 21. The van der Waals surface area contributed by atoms with Crippen LogP contribution in [-0.4, -0.2) is 168 Å². The Morgan fingerprint density at radius 2 is 0.614 bits per heavy atom. The fraction of sp³-hybridized carbons (Fsp3) is 0.266. The number of hydrogen-bond donors (Lipinski definition) is 7. The van der Waals surface area contributed by atoms with Gasteiger partial charge in [0.2, 0.25) is 0 Å². The predicted molar refractivity (Wildman–Crippen MR) is 568 cm³/mol. The zero-order valence-corrected chi connectivity index (χ0v) is 86.9. The average molecular weight is 2130 g/mol. The summed E-state index contributed by atoms with van der Waals surface area (Å²) < 4.78 is 25.7. The molecule has 0 aliphatic rings. The van der Waals surface area contributed by atoms with Gasteiger partial charge in [-0.25, -0.2) is 53.6 Å². The summed E-state index contributed by atoms with van der Waals surface area (Å²) in [5.74, 6) is 3.50. The Kier molecular flexibility index (Phi) is 46.0. The monoisotopic (exact) mass is 2120 g/mol. The Labute approximate surface area is 882 Å². The Balaban J connectivity index is 0.000000216. The summed E-state index contributed by atoms with van der Waals surface area (Å²) in [5, 5.41) is 28.1. The Hall–Kier alpha value is -13.9. The van der Waals surface area contributed by atoms with Crippen LogP contribution in [0.5, 0.6) is 0 Å². The first-order valence-corrected chi connectivity index (χ1v) is 48.8. The van der Waals surface area contributed by atoms with Crippen LogP contribution in [0.3, 0.4) is 0 Å². The van der Waals surface area contributed by atoms with Gasteiger partial charge in [-0.15, -0.1) is 0 Å². The SMILES string of the molecule is COC(=O)[C@H](Cc1ccc(C#CCN(C(=O)OC(C)(C)C)c2ccccn2)cc1)NC(=O)c1c(Cl)cccc1Cl.COC(=O)[C@H](Cc1ccc(CCCN(C(=O)OC(C)(C)C)c2ccccn2)cc1)NC(=O)c1c(Cl)cccc1Cl.COC(=O)[C@H](Cc1ccc(CCCNc2ccccn2)cc1)NC(=O)c1c(Cl)cccc1Cl.O=C(N[C@@H](Cc1ccc(CCCNc2ccccn2)cc1)C(=O)O)c1c(Cl)cccc1Cl. The topological polar surface area (TPSA) is 367 Å². The molecule has 4 atom stereocenters. The molecule has 0 aliphatic heterocycles. The van der Waals surface area contributed by atoms with E-state index in [-0.39, 0.29) is 94.7 Å². The lowest BCUT2D eigenvalue weighted by Crippen LogP contribution is -2.43. The summed E-state index contributed by atoms with van der Waals surface area (Å²) in [5.41, 5.74) is 6.44. The van der Waals surface area contributed by atoms with Gasteiger partial charge >= 0.3 is 36.1 Å². The first-order chi connectivity index (χ1) is 69.4. The molecule has 36 heteroatoms. The lowest BCUT2D eigenvalue weighted by Gasteiger charge is -2.26. The zero-order valence-electron chi connectivity index (χ0n) is 80.9. The first-order valence-electron chi connectivity index (χ1n) is 45.8. The first kappa shape index (κ1) is 115. The van der Waals surface area contributed by atoms with Crippen LogP contribution in [0.25, 0.3) is 0 Å². The fourth-order valence-electron chi connectivity index (χ4n) is 14.0. The van der Waals surface area contributed by atoms with Crippen molar-refractivity contribution < 1.29 is 76.7 Å². The van der Waals surface area contributed by atoms with Gasteiger partial charge in [0.15, 0.2) is 0 Å². The van der Waals surface area contributed by atoms with E-state index in [0.29, 0.717) is 36.6 Å². The van der Waals surface area contributed by atoms with Crippen LogP contribution in [0.15, 0.2) is 267 Å². The van der Waals surface area contributed by atoms with Crippen molar-refractivity contribution in [1.29, 1.82) is 0 Å². The standard InChI is InChI=1S/C30H33Cl2N3O5.C30H29Cl2N3O5.C25H25Cl2N3O3.C24H23Cl2N3O3/c2*1-30(2,3)40-29(38)35(25-12-5-6-17-33-25)18-8-9-20-13-15-21(16-14-20)19-24(28(37)39-4)34-27(36)26-22(31)10-7-11-23(26)32;1-33-25(32)21(30-24(31)23-19(26)7-4-8-20(23)27)16-18-12-10-17(11-13-18)6-5-15-29-22-9-2-3-14-28-22;25-18-6-3-7-19(26)22(18)23(30)29-20(24(31)32)15-17-11-9-16(10-12-17)5-4-14-28-21-8-1-2-13-27-21/h5-7,10-17,24H,8-9,18-19H2,1-4H3,(H,34,36);5-7,10-17,24H,18-19H2,1-4H3,(H,34,36);2-4,7-14,21H,5-6,15-16H2,1H3,(H,28,29)(H,30,31);1-3,6-13,20H,4-5,14-15H2,(H,27,28)(H,29,30)(H,31,32)/t2*24-;21-;20-/m0000/s1. The number of rotatable bonds is 37. The molecule has 28 nitrogen and oxygen atoms in total. The van der Waals surface area contributed by atoms with E-state index in [2.05, 4.69) is 63.7 Å². The largest absolute Gasteiger partial charge is 0.480 e. The number of aromatic nitrogens is 4. The third kappa shape index (κ3) is 38.3. The van der Waals surface area contributed by atoms with Crippen LogP contribution in [-0.2, 0) is 87.8 Å². The number of amides is 6. The summed E-state index contributed by atoms with van der Waals surface area (Å²) in [6.07, 6.45) is 11.6. The molecule has 0 fully saturated rings. The molecule has 0 saturated heterocycles. The number of carbonyl (C=O) groups is 10. The number of pyridine rings is 4. The number of esters is 3. The Morgan fingerprint density at radius 1 is 0.338 bits per heavy atom. The number of halogens is 8. The number of benzene rings is 8. The number of carboxylic acid groups (broad SMARTS) is 1.